The number of aromatic nitrogens is 2. The lowest BCUT2D eigenvalue weighted by atomic mass is 9.80. The molecule has 1 saturated carbocycles. The van der Waals surface area contributed by atoms with Gasteiger partial charge < -0.3 is 5.11 Å². The van der Waals surface area contributed by atoms with Crippen molar-refractivity contribution in [2.75, 3.05) is 0 Å². The summed E-state index contributed by atoms with van der Waals surface area (Å²) in [7, 11) is 0. The monoisotopic (exact) mass is 194 g/mol. The van der Waals surface area contributed by atoms with Gasteiger partial charge in [-0.3, -0.25) is 4.68 Å². The van der Waals surface area contributed by atoms with Gasteiger partial charge in [0.15, 0.2) is 0 Å². The van der Waals surface area contributed by atoms with Crippen LogP contribution in [-0.2, 0) is 6.54 Å². The maximum Gasteiger partial charge on any atom is 0.0984 e. The number of hydrogen-bond acceptors (Lipinski definition) is 2. The molecular weight excluding hydrogens is 176 g/mol. The Bertz CT molecular complexity index is 315. The summed E-state index contributed by atoms with van der Waals surface area (Å²) in [5.41, 5.74) is 2.00. The number of aliphatic hydroxyl groups is 1. The Kier molecular flexibility index (Phi) is 2.59. The minimum atomic E-state index is -0.301. The molecule has 0 aromatic carbocycles. The lowest BCUT2D eigenvalue weighted by Gasteiger charge is -2.30. The smallest absolute Gasteiger partial charge is 0.0984 e. The van der Waals surface area contributed by atoms with Crippen LogP contribution in [0.1, 0.15) is 43.7 Å². The molecule has 78 valence electrons. The summed E-state index contributed by atoms with van der Waals surface area (Å²) in [6.07, 6.45) is 3.29. The SMILES string of the molecule is CCn1nc(C)cc1C(O)C1CCC1. The highest BCUT2D eigenvalue weighted by atomic mass is 16.3. The Balaban J connectivity index is 2.20. The van der Waals surface area contributed by atoms with Gasteiger partial charge in [0.2, 0.25) is 0 Å². The van der Waals surface area contributed by atoms with Crippen LogP contribution in [0.2, 0.25) is 0 Å². The van der Waals surface area contributed by atoms with E-state index in [0.717, 1.165) is 30.8 Å². The second kappa shape index (κ2) is 3.73. The van der Waals surface area contributed by atoms with Crippen LogP contribution in [0.25, 0.3) is 0 Å². The maximum atomic E-state index is 10.1. The van der Waals surface area contributed by atoms with Crippen LogP contribution >= 0.6 is 0 Å². The van der Waals surface area contributed by atoms with Crippen LogP contribution < -0.4 is 0 Å². The number of aryl methyl sites for hydroxylation is 2. The zero-order valence-electron chi connectivity index (χ0n) is 8.90. The highest BCUT2D eigenvalue weighted by molar-refractivity contribution is 5.13. The van der Waals surface area contributed by atoms with Gasteiger partial charge in [-0.2, -0.15) is 5.10 Å². The van der Waals surface area contributed by atoms with Crippen LogP contribution in [0.4, 0.5) is 0 Å². The quantitative estimate of drug-likeness (QED) is 0.799. The average Bonchev–Trinajstić information content (AvgIpc) is 2.43. The van der Waals surface area contributed by atoms with Gasteiger partial charge >= 0.3 is 0 Å². The molecule has 0 bridgehead atoms. The van der Waals surface area contributed by atoms with Crippen molar-refractivity contribution in [1.29, 1.82) is 0 Å². The van der Waals surface area contributed by atoms with Crippen molar-refractivity contribution in [1.82, 2.24) is 9.78 Å². The third-order valence-corrected chi connectivity index (χ3v) is 3.13. The second-order valence-electron chi connectivity index (χ2n) is 4.16. The molecule has 0 radical (unpaired) electrons. The van der Waals surface area contributed by atoms with Crippen molar-refractivity contribution in [3.05, 3.63) is 17.5 Å². The molecule has 1 aromatic rings. The number of nitrogens with zero attached hydrogens (tertiary/aromatic N) is 2. The van der Waals surface area contributed by atoms with Gasteiger partial charge in [-0.15, -0.1) is 0 Å². The Hall–Kier alpha value is -0.830. The second-order valence-corrected chi connectivity index (χ2v) is 4.16. The molecule has 3 heteroatoms. The molecular formula is C11H18N2O. The van der Waals surface area contributed by atoms with Crippen molar-refractivity contribution in [3.63, 3.8) is 0 Å². The molecule has 1 unspecified atom stereocenters. The van der Waals surface area contributed by atoms with Crippen molar-refractivity contribution < 1.29 is 5.11 Å². The molecule has 0 saturated heterocycles. The summed E-state index contributed by atoms with van der Waals surface area (Å²) < 4.78 is 1.92. The van der Waals surface area contributed by atoms with E-state index in [2.05, 4.69) is 12.0 Å². The third-order valence-electron chi connectivity index (χ3n) is 3.13. The zero-order chi connectivity index (χ0) is 10.1. The minimum Gasteiger partial charge on any atom is -0.387 e. The molecule has 1 aromatic heterocycles. The molecule has 14 heavy (non-hydrogen) atoms. The minimum absolute atomic E-state index is 0.301. The first-order valence-corrected chi connectivity index (χ1v) is 5.44. The Morgan fingerprint density at radius 2 is 2.36 bits per heavy atom. The van der Waals surface area contributed by atoms with E-state index >= 15 is 0 Å². The first-order chi connectivity index (χ1) is 6.72. The number of hydrogen-bond donors (Lipinski definition) is 1. The fraction of sp³-hybridized carbons (Fsp3) is 0.727. The van der Waals surface area contributed by atoms with Crippen LogP contribution in [0.5, 0.6) is 0 Å². The first-order valence-electron chi connectivity index (χ1n) is 5.44. The summed E-state index contributed by atoms with van der Waals surface area (Å²) >= 11 is 0. The molecule has 1 N–H and O–H groups in total. The fourth-order valence-electron chi connectivity index (χ4n) is 2.05. The maximum absolute atomic E-state index is 10.1. The van der Waals surface area contributed by atoms with E-state index in [1.54, 1.807) is 0 Å². The molecule has 0 aliphatic heterocycles. The van der Waals surface area contributed by atoms with Crippen molar-refractivity contribution >= 4 is 0 Å². The summed E-state index contributed by atoms with van der Waals surface area (Å²) in [6.45, 7) is 4.87. The lowest BCUT2D eigenvalue weighted by Crippen LogP contribution is -2.22. The largest absolute Gasteiger partial charge is 0.387 e. The van der Waals surface area contributed by atoms with E-state index in [-0.39, 0.29) is 6.10 Å². The summed E-state index contributed by atoms with van der Waals surface area (Å²) in [5.74, 6) is 0.469. The normalized spacial score (nSPS) is 19.4. The van der Waals surface area contributed by atoms with E-state index in [1.807, 2.05) is 17.7 Å². The third kappa shape index (κ3) is 1.57. The Labute approximate surface area is 84.7 Å². The van der Waals surface area contributed by atoms with Gasteiger partial charge in [0, 0.05) is 6.54 Å². The van der Waals surface area contributed by atoms with E-state index in [1.165, 1.54) is 6.42 Å². The summed E-state index contributed by atoms with van der Waals surface area (Å²) in [5, 5.41) is 14.5. The topological polar surface area (TPSA) is 38.0 Å². The summed E-state index contributed by atoms with van der Waals surface area (Å²) in [4.78, 5) is 0. The highest BCUT2D eigenvalue weighted by Gasteiger charge is 2.28. The molecule has 1 heterocycles. The Morgan fingerprint density at radius 1 is 1.64 bits per heavy atom. The van der Waals surface area contributed by atoms with E-state index in [0.29, 0.717) is 5.92 Å². The molecule has 2 rings (SSSR count). The lowest BCUT2D eigenvalue weighted by molar-refractivity contribution is 0.0549. The fourth-order valence-corrected chi connectivity index (χ4v) is 2.05. The number of rotatable bonds is 3. The van der Waals surface area contributed by atoms with Crippen LogP contribution in [0.15, 0.2) is 6.07 Å². The van der Waals surface area contributed by atoms with Crippen molar-refractivity contribution in [3.8, 4) is 0 Å². The molecule has 3 nitrogen and oxygen atoms in total. The Morgan fingerprint density at radius 3 is 2.86 bits per heavy atom. The first kappa shape index (κ1) is 9.71. The molecule has 0 amide bonds. The van der Waals surface area contributed by atoms with Gasteiger partial charge in [-0.1, -0.05) is 6.42 Å². The zero-order valence-corrected chi connectivity index (χ0v) is 8.90. The van der Waals surface area contributed by atoms with Crippen LogP contribution in [0.3, 0.4) is 0 Å². The van der Waals surface area contributed by atoms with Crippen molar-refractivity contribution in [2.24, 2.45) is 5.92 Å². The molecule has 1 aliphatic rings. The molecule has 0 spiro atoms. The highest BCUT2D eigenvalue weighted by Crippen LogP contribution is 2.37. The average molecular weight is 194 g/mol. The van der Waals surface area contributed by atoms with Gasteiger partial charge in [-0.05, 0) is 38.7 Å². The summed E-state index contributed by atoms with van der Waals surface area (Å²) in [6, 6.07) is 2.01. The molecule has 1 atom stereocenters. The number of aliphatic hydroxyl groups excluding tert-OH is 1. The van der Waals surface area contributed by atoms with Crippen LogP contribution in [-0.4, -0.2) is 14.9 Å². The van der Waals surface area contributed by atoms with E-state index in [9.17, 15) is 5.11 Å². The van der Waals surface area contributed by atoms with Gasteiger partial charge in [0.05, 0.1) is 17.5 Å². The van der Waals surface area contributed by atoms with Gasteiger partial charge in [0.1, 0.15) is 0 Å². The standard InChI is InChI=1S/C11H18N2O/c1-3-13-10(7-8(2)12-13)11(14)9-5-4-6-9/h7,9,11,14H,3-6H2,1-2H3. The van der Waals surface area contributed by atoms with Crippen LogP contribution in [0, 0.1) is 12.8 Å². The predicted octanol–water partition coefficient (Wildman–Crippen LogP) is 2.04. The predicted molar refractivity (Wildman–Crippen MR) is 54.9 cm³/mol. The van der Waals surface area contributed by atoms with E-state index in [4.69, 9.17) is 0 Å². The molecule has 1 fully saturated rings. The van der Waals surface area contributed by atoms with E-state index < -0.39 is 0 Å². The molecule has 1 aliphatic carbocycles. The van der Waals surface area contributed by atoms with Crippen molar-refractivity contribution in [2.45, 2.75) is 45.8 Å². The van der Waals surface area contributed by atoms with Gasteiger partial charge in [0.25, 0.3) is 0 Å². The van der Waals surface area contributed by atoms with Gasteiger partial charge in [-0.25, -0.2) is 0 Å².